The average molecular weight is 301 g/mol. The summed E-state index contributed by atoms with van der Waals surface area (Å²) in [5.74, 6) is 2.53. The van der Waals surface area contributed by atoms with Gasteiger partial charge in [0.25, 0.3) is 0 Å². The molecule has 0 saturated heterocycles. The molecule has 114 valence electrons. The van der Waals surface area contributed by atoms with Crippen molar-refractivity contribution in [2.45, 2.75) is 46.1 Å². The summed E-state index contributed by atoms with van der Waals surface area (Å²) >= 11 is 1.89. The molecule has 0 radical (unpaired) electrons. The van der Waals surface area contributed by atoms with Crippen LogP contribution >= 0.6 is 11.3 Å². The number of hydrogen-bond acceptors (Lipinski definition) is 2. The quantitative estimate of drug-likeness (QED) is 0.772. The van der Waals surface area contributed by atoms with Crippen molar-refractivity contribution in [2.75, 3.05) is 6.54 Å². The Kier molecular flexibility index (Phi) is 4.66. The first-order valence-electron chi connectivity index (χ1n) is 8.40. The Morgan fingerprint density at radius 3 is 2.76 bits per heavy atom. The number of thiophene rings is 1. The van der Waals surface area contributed by atoms with E-state index in [1.165, 1.54) is 34.9 Å². The smallest absolute Gasteiger partial charge is 0.0363 e. The minimum Gasteiger partial charge on any atom is -0.310 e. The van der Waals surface area contributed by atoms with Crippen molar-refractivity contribution >= 4 is 21.4 Å². The van der Waals surface area contributed by atoms with Crippen LogP contribution in [-0.4, -0.2) is 6.54 Å². The molecule has 4 atom stereocenters. The maximum atomic E-state index is 3.79. The van der Waals surface area contributed by atoms with E-state index in [1.807, 2.05) is 11.3 Å². The summed E-state index contributed by atoms with van der Waals surface area (Å²) in [6, 6.07) is 9.39. The van der Waals surface area contributed by atoms with Crippen molar-refractivity contribution in [1.82, 2.24) is 5.32 Å². The molecule has 1 aliphatic rings. The minimum atomic E-state index is 0.529. The molecule has 1 fully saturated rings. The molecule has 1 saturated carbocycles. The lowest BCUT2D eigenvalue weighted by molar-refractivity contribution is 0.172. The van der Waals surface area contributed by atoms with Crippen LogP contribution in [0.5, 0.6) is 0 Å². The molecule has 1 aliphatic carbocycles. The molecule has 1 N–H and O–H groups in total. The first kappa shape index (κ1) is 15.1. The Hall–Kier alpha value is -0.860. The van der Waals surface area contributed by atoms with Gasteiger partial charge in [0.05, 0.1) is 0 Å². The molecular weight excluding hydrogens is 274 g/mol. The maximum Gasteiger partial charge on any atom is 0.0363 e. The Morgan fingerprint density at radius 2 is 2.00 bits per heavy atom. The molecule has 0 amide bonds. The summed E-state index contributed by atoms with van der Waals surface area (Å²) in [6.07, 6.45) is 4.12. The molecule has 0 bridgehead atoms. The van der Waals surface area contributed by atoms with Gasteiger partial charge in [-0.1, -0.05) is 45.4 Å². The molecule has 3 rings (SSSR count). The molecule has 1 nitrogen and oxygen atoms in total. The predicted molar refractivity (Wildman–Crippen MR) is 93.9 cm³/mol. The molecule has 21 heavy (non-hydrogen) atoms. The van der Waals surface area contributed by atoms with Gasteiger partial charge < -0.3 is 5.32 Å². The third-order valence-electron chi connectivity index (χ3n) is 5.38. The predicted octanol–water partition coefficient (Wildman–Crippen LogP) is 5.62. The standard InChI is InChI=1S/C19H27NS/c1-4-20-19(15-10-9-13(2)14(3)11-15)17-12-21-18-8-6-5-7-16(17)18/h5-8,12-15,19-20H,4,9-11H2,1-3H3. The summed E-state index contributed by atoms with van der Waals surface area (Å²) in [6.45, 7) is 8.14. The molecule has 1 heterocycles. The van der Waals surface area contributed by atoms with Crippen LogP contribution in [0.25, 0.3) is 10.1 Å². The second-order valence-electron chi connectivity index (χ2n) is 6.75. The van der Waals surface area contributed by atoms with E-state index in [0.29, 0.717) is 6.04 Å². The van der Waals surface area contributed by atoms with Gasteiger partial charge in [0.1, 0.15) is 0 Å². The normalized spacial score (nSPS) is 27.9. The Bertz CT molecular complexity index is 588. The summed E-state index contributed by atoms with van der Waals surface area (Å²) < 4.78 is 1.42. The zero-order chi connectivity index (χ0) is 14.8. The van der Waals surface area contributed by atoms with E-state index in [-0.39, 0.29) is 0 Å². The van der Waals surface area contributed by atoms with Crippen molar-refractivity contribution in [1.29, 1.82) is 0 Å². The molecule has 2 aromatic rings. The van der Waals surface area contributed by atoms with Crippen molar-refractivity contribution < 1.29 is 0 Å². The van der Waals surface area contributed by atoms with Crippen LogP contribution in [0.15, 0.2) is 29.6 Å². The van der Waals surface area contributed by atoms with Crippen molar-refractivity contribution in [3.05, 3.63) is 35.2 Å². The third kappa shape index (κ3) is 3.02. The van der Waals surface area contributed by atoms with Crippen LogP contribution in [0.3, 0.4) is 0 Å². The third-order valence-corrected chi connectivity index (χ3v) is 6.36. The van der Waals surface area contributed by atoms with Gasteiger partial charge in [0, 0.05) is 10.7 Å². The lowest BCUT2D eigenvalue weighted by Crippen LogP contribution is -2.33. The van der Waals surface area contributed by atoms with Crippen molar-refractivity contribution in [3.63, 3.8) is 0 Å². The number of rotatable bonds is 4. The van der Waals surface area contributed by atoms with Crippen LogP contribution in [0.4, 0.5) is 0 Å². The zero-order valence-corrected chi connectivity index (χ0v) is 14.2. The fourth-order valence-corrected chi connectivity index (χ4v) is 4.88. The lowest BCUT2D eigenvalue weighted by atomic mass is 9.72. The van der Waals surface area contributed by atoms with Gasteiger partial charge in [-0.25, -0.2) is 0 Å². The zero-order valence-electron chi connectivity index (χ0n) is 13.4. The number of hydrogen-bond donors (Lipinski definition) is 1. The highest BCUT2D eigenvalue weighted by molar-refractivity contribution is 7.17. The highest BCUT2D eigenvalue weighted by Crippen LogP contribution is 2.42. The SMILES string of the molecule is CCNC(c1csc2ccccc12)C1CCC(C)C(C)C1. The number of nitrogens with one attached hydrogen (secondary N) is 1. The summed E-state index contributed by atoms with van der Waals surface area (Å²) in [4.78, 5) is 0. The lowest BCUT2D eigenvalue weighted by Gasteiger charge is -2.37. The van der Waals surface area contributed by atoms with E-state index in [2.05, 4.69) is 55.7 Å². The van der Waals surface area contributed by atoms with E-state index < -0.39 is 0 Å². The van der Waals surface area contributed by atoms with Gasteiger partial charge in [0.2, 0.25) is 0 Å². The summed E-state index contributed by atoms with van der Waals surface area (Å²) in [7, 11) is 0. The van der Waals surface area contributed by atoms with Gasteiger partial charge in [-0.2, -0.15) is 0 Å². The molecule has 1 aromatic heterocycles. The van der Waals surface area contributed by atoms with Crippen LogP contribution in [0.2, 0.25) is 0 Å². The second kappa shape index (κ2) is 6.50. The van der Waals surface area contributed by atoms with E-state index in [0.717, 1.165) is 24.3 Å². The van der Waals surface area contributed by atoms with Gasteiger partial charge in [-0.05, 0) is 59.5 Å². The van der Waals surface area contributed by atoms with Gasteiger partial charge >= 0.3 is 0 Å². The molecule has 4 unspecified atom stereocenters. The van der Waals surface area contributed by atoms with E-state index in [4.69, 9.17) is 0 Å². The molecule has 0 aliphatic heterocycles. The summed E-state index contributed by atoms with van der Waals surface area (Å²) in [5.41, 5.74) is 1.53. The number of benzene rings is 1. The van der Waals surface area contributed by atoms with E-state index >= 15 is 0 Å². The van der Waals surface area contributed by atoms with Gasteiger partial charge in [-0.3, -0.25) is 0 Å². The fourth-order valence-electron chi connectivity index (χ4n) is 3.88. The summed E-state index contributed by atoms with van der Waals surface area (Å²) in [5, 5.41) is 7.64. The average Bonchev–Trinajstić information content (AvgIpc) is 2.92. The van der Waals surface area contributed by atoms with Crippen LogP contribution in [0, 0.1) is 17.8 Å². The van der Waals surface area contributed by atoms with Crippen LogP contribution < -0.4 is 5.32 Å². The van der Waals surface area contributed by atoms with E-state index in [1.54, 1.807) is 0 Å². The van der Waals surface area contributed by atoms with E-state index in [9.17, 15) is 0 Å². The Balaban J connectivity index is 1.91. The largest absolute Gasteiger partial charge is 0.310 e. The fraction of sp³-hybridized carbons (Fsp3) is 0.579. The first-order valence-corrected chi connectivity index (χ1v) is 9.28. The highest BCUT2D eigenvalue weighted by atomic mass is 32.1. The van der Waals surface area contributed by atoms with Crippen molar-refractivity contribution in [2.24, 2.45) is 17.8 Å². The van der Waals surface area contributed by atoms with Crippen LogP contribution in [0.1, 0.15) is 51.6 Å². The second-order valence-corrected chi connectivity index (χ2v) is 7.66. The Labute approximate surface area is 132 Å². The van der Waals surface area contributed by atoms with Crippen LogP contribution in [-0.2, 0) is 0 Å². The maximum absolute atomic E-state index is 3.79. The molecule has 2 heteroatoms. The Morgan fingerprint density at radius 1 is 1.19 bits per heavy atom. The van der Waals surface area contributed by atoms with Crippen molar-refractivity contribution in [3.8, 4) is 0 Å². The first-order chi connectivity index (χ1) is 10.2. The topological polar surface area (TPSA) is 12.0 Å². The highest BCUT2D eigenvalue weighted by Gasteiger charge is 2.31. The molecule has 1 aromatic carbocycles. The minimum absolute atomic E-state index is 0.529. The van der Waals surface area contributed by atoms with Gasteiger partial charge in [-0.15, -0.1) is 11.3 Å². The number of fused-ring (bicyclic) bond motifs is 1. The molecular formula is C19H27NS. The van der Waals surface area contributed by atoms with Gasteiger partial charge in [0.15, 0.2) is 0 Å². The monoisotopic (exact) mass is 301 g/mol. The molecule has 0 spiro atoms.